The molecule has 0 aliphatic heterocycles. The highest BCUT2D eigenvalue weighted by Gasteiger charge is 2.14. The van der Waals surface area contributed by atoms with Gasteiger partial charge in [-0.1, -0.05) is 0 Å². The van der Waals surface area contributed by atoms with Crippen LogP contribution in [0.25, 0.3) is 0 Å². The molecule has 0 fully saturated rings. The first-order chi connectivity index (χ1) is 8.09. The molecule has 2 rings (SSSR count). The second kappa shape index (κ2) is 4.87. The van der Waals surface area contributed by atoms with E-state index >= 15 is 0 Å². The molecule has 2 heterocycles. The molecule has 0 N–H and O–H groups in total. The lowest BCUT2D eigenvalue weighted by Crippen LogP contribution is -2.08. The van der Waals surface area contributed by atoms with E-state index in [0.717, 1.165) is 10.7 Å². The molecule has 0 radical (unpaired) electrons. The maximum Gasteiger partial charge on any atom is 0.121 e. The average Bonchev–Trinajstić information content (AvgIpc) is 2.86. The molecule has 2 aromatic rings. The smallest absolute Gasteiger partial charge is 0.121 e. The van der Waals surface area contributed by atoms with Gasteiger partial charge in [0, 0.05) is 18.4 Å². The lowest BCUT2D eigenvalue weighted by molar-refractivity contribution is 0.525. The highest BCUT2D eigenvalue weighted by molar-refractivity contribution is 7.84. The normalized spacial score (nSPS) is 13.2. The zero-order chi connectivity index (χ0) is 12.4. The van der Waals surface area contributed by atoms with Crippen LogP contribution in [0.5, 0.6) is 0 Å². The summed E-state index contributed by atoms with van der Waals surface area (Å²) < 4.78 is 19.4. The molecule has 0 saturated carbocycles. The van der Waals surface area contributed by atoms with E-state index < -0.39 is 10.8 Å². The van der Waals surface area contributed by atoms with Gasteiger partial charge in [-0.25, -0.2) is 4.98 Å². The predicted octanol–water partition coefficient (Wildman–Crippen LogP) is 2.67. The van der Waals surface area contributed by atoms with E-state index in [0.29, 0.717) is 17.6 Å². The molecule has 0 amide bonds. The minimum absolute atomic E-state index is 0.329. The molecule has 0 spiro atoms. The molecule has 1 unspecified atom stereocenters. The highest BCUT2D eigenvalue weighted by Crippen LogP contribution is 2.18. The van der Waals surface area contributed by atoms with Crippen LogP contribution < -0.4 is 0 Å². The highest BCUT2D eigenvalue weighted by atomic mass is 32.2. The van der Waals surface area contributed by atoms with Gasteiger partial charge in [0.05, 0.1) is 27.7 Å². The maximum atomic E-state index is 12.2. The van der Waals surface area contributed by atoms with Gasteiger partial charge in [0.25, 0.3) is 0 Å². The predicted molar refractivity (Wildman–Crippen MR) is 66.2 cm³/mol. The Kier molecular flexibility index (Phi) is 3.47. The van der Waals surface area contributed by atoms with Crippen molar-refractivity contribution in [3.05, 3.63) is 36.3 Å². The number of hydrogen-bond donors (Lipinski definition) is 0. The summed E-state index contributed by atoms with van der Waals surface area (Å²) in [5.74, 6) is 1.98. The Morgan fingerprint density at radius 1 is 1.53 bits per heavy atom. The van der Waals surface area contributed by atoms with Crippen LogP contribution in [0.15, 0.2) is 34.0 Å². The summed E-state index contributed by atoms with van der Waals surface area (Å²) in [5.41, 5.74) is 0. The minimum Gasteiger partial charge on any atom is -0.468 e. The lowest BCUT2D eigenvalue weighted by atomic mass is 10.4. The number of rotatable bonds is 4. The van der Waals surface area contributed by atoms with Crippen molar-refractivity contribution in [3.63, 3.8) is 0 Å². The number of nitrogens with zero attached hydrogens (tertiary/aromatic N) is 2. The largest absolute Gasteiger partial charge is 0.468 e. The molecule has 0 bridgehead atoms. The first-order valence-electron chi connectivity index (χ1n) is 5.53. The Bertz CT molecular complexity index is 528. The third kappa shape index (κ3) is 2.49. The van der Waals surface area contributed by atoms with Gasteiger partial charge in [0.2, 0.25) is 0 Å². The second-order valence-corrected chi connectivity index (χ2v) is 5.59. The standard InChI is InChI=1S/C12H16N2O2S/c1-9(2)14-6-5-13-12(14)8-17(15)11-4-7-16-10(11)3/h4-7,9H,8H2,1-3H3. The summed E-state index contributed by atoms with van der Waals surface area (Å²) in [7, 11) is -1.10. The van der Waals surface area contributed by atoms with Crippen LogP contribution in [0.3, 0.4) is 0 Å². The summed E-state index contributed by atoms with van der Waals surface area (Å²) in [5, 5.41) is 0. The van der Waals surface area contributed by atoms with Crippen molar-refractivity contribution in [2.75, 3.05) is 0 Å². The quantitative estimate of drug-likeness (QED) is 0.840. The van der Waals surface area contributed by atoms with E-state index in [9.17, 15) is 4.21 Å². The van der Waals surface area contributed by atoms with Crippen LogP contribution >= 0.6 is 0 Å². The monoisotopic (exact) mass is 252 g/mol. The number of hydrogen-bond acceptors (Lipinski definition) is 3. The number of furan rings is 1. The van der Waals surface area contributed by atoms with E-state index in [-0.39, 0.29) is 0 Å². The number of aryl methyl sites for hydroxylation is 1. The molecule has 1 atom stereocenters. The van der Waals surface area contributed by atoms with Crippen LogP contribution in [-0.4, -0.2) is 13.8 Å². The lowest BCUT2D eigenvalue weighted by Gasteiger charge is -2.10. The molecule has 92 valence electrons. The van der Waals surface area contributed by atoms with Gasteiger partial charge >= 0.3 is 0 Å². The third-order valence-corrected chi connectivity index (χ3v) is 4.06. The molecule has 4 nitrogen and oxygen atoms in total. The van der Waals surface area contributed by atoms with Crippen molar-refractivity contribution in [2.24, 2.45) is 0 Å². The van der Waals surface area contributed by atoms with E-state index in [4.69, 9.17) is 4.42 Å². The molecular formula is C12H16N2O2S. The van der Waals surface area contributed by atoms with E-state index in [1.165, 1.54) is 0 Å². The topological polar surface area (TPSA) is 48.0 Å². The van der Waals surface area contributed by atoms with Crippen molar-refractivity contribution < 1.29 is 8.63 Å². The molecule has 0 aromatic carbocycles. The Labute approximate surface area is 103 Å². The van der Waals surface area contributed by atoms with Crippen LogP contribution in [-0.2, 0) is 16.6 Å². The van der Waals surface area contributed by atoms with Gasteiger partial charge in [0.1, 0.15) is 11.6 Å². The Balaban J connectivity index is 2.19. The summed E-state index contributed by atoms with van der Waals surface area (Å²) in [6.07, 6.45) is 5.23. The van der Waals surface area contributed by atoms with Crippen molar-refractivity contribution >= 4 is 10.8 Å². The van der Waals surface area contributed by atoms with Crippen LogP contribution in [0.1, 0.15) is 31.5 Å². The second-order valence-electron chi connectivity index (χ2n) is 4.18. The molecule has 17 heavy (non-hydrogen) atoms. The maximum absolute atomic E-state index is 12.2. The summed E-state index contributed by atoms with van der Waals surface area (Å²) in [6.45, 7) is 5.98. The molecule has 2 aromatic heterocycles. The van der Waals surface area contributed by atoms with Gasteiger partial charge in [-0.05, 0) is 26.8 Å². The first-order valence-corrected chi connectivity index (χ1v) is 6.85. The molecule has 5 heteroatoms. The van der Waals surface area contributed by atoms with Crippen LogP contribution in [0, 0.1) is 6.92 Å². The van der Waals surface area contributed by atoms with E-state index in [1.54, 1.807) is 18.5 Å². The van der Waals surface area contributed by atoms with Crippen molar-refractivity contribution in [1.29, 1.82) is 0 Å². The fraction of sp³-hybridized carbons (Fsp3) is 0.417. The van der Waals surface area contributed by atoms with Gasteiger partial charge < -0.3 is 8.98 Å². The van der Waals surface area contributed by atoms with Gasteiger partial charge in [-0.3, -0.25) is 4.21 Å². The SMILES string of the molecule is Cc1occc1S(=O)Cc1nccn1C(C)C. The average molecular weight is 252 g/mol. The summed E-state index contributed by atoms with van der Waals surface area (Å²) in [6, 6.07) is 2.09. The van der Waals surface area contributed by atoms with Crippen molar-refractivity contribution in [2.45, 2.75) is 37.5 Å². The summed E-state index contributed by atoms with van der Waals surface area (Å²) >= 11 is 0. The van der Waals surface area contributed by atoms with Crippen molar-refractivity contribution in [3.8, 4) is 0 Å². The Hall–Kier alpha value is -1.36. The van der Waals surface area contributed by atoms with Gasteiger partial charge in [-0.2, -0.15) is 0 Å². The zero-order valence-corrected chi connectivity index (χ0v) is 11.0. The molecule has 0 aliphatic rings. The Morgan fingerprint density at radius 2 is 2.29 bits per heavy atom. The van der Waals surface area contributed by atoms with Crippen LogP contribution in [0.2, 0.25) is 0 Å². The van der Waals surface area contributed by atoms with E-state index in [2.05, 4.69) is 18.8 Å². The zero-order valence-electron chi connectivity index (χ0n) is 10.2. The van der Waals surface area contributed by atoms with Crippen molar-refractivity contribution in [1.82, 2.24) is 9.55 Å². The molecule has 0 aliphatic carbocycles. The van der Waals surface area contributed by atoms with E-state index in [1.807, 2.05) is 17.7 Å². The number of aromatic nitrogens is 2. The fourth-order valence-corrected chi connectivity index (χ4v) is 2.92. The first kappa shape index (κ1) is 12.1. The fourth-order valence-electron chi connectivity index (χ4n) is 1.73. The third-order valence-electron chi connectivity index (χ3n) is 2.62. The molecular weight excluding hydrogens is 236 g/mol. The minimum atomic E-state index is -1.10. The summed E-state index contributed by atoms with van der Waals surface area (Å²) in [4.78, 5) is 5.01. The van der Waals surface area contributed by atoms with Crippen LogP contribution in [0.4, 0.5) is 0 Å². The van der Waals surface area contributed by atoms with Gasteiger partial charge in [-0.15, -0.1) is 0 Å². The number of imidazole rings is 1. The van der Waals surface area contributed by atoms with Gasteiger partial charge in [0.15, 0.2) is 0 Å². The molecule has 0 saturated heterocycles. The Morgan fingerprint density at radius 3 is 2.88 bits per heavy atom.